The van der Waals surface area contributed by atoms with Crippen LogP contribution < -0.4 is 4.40 Å². The van der Waals surface area contributed by atoms with Gasteiger partial charge in [-0.05, 0) is 35.9 Å². The molecule has 1 nitrogen and oxygen atoms in total. The molecule has 0 fully saturated rings. The summed E-state index contributed by atoms with van der Waals surface area (Å²) in [6.07, 6.45) is 6.36. The third kappa shape index (κ3) is 1.55. The molecule has 0 unspecified atom stereocenters. The van der Waals surface area contributed by atoms with Gasteiger partial charge in [0.25, 0.3) is 0 Å². The molecule has 0 aliphatic rings. The maximum absolute atomic E-state index is 2.24. The van der Waals surface area contributed by atoms with Crippen LogP contribution in [0.15, 0.2) is 59.8 Å². The van der Waals surface area contributed by atoms with Crippen molar-refractivity contribution >= 4 is 28.1 Å². The molecule has 0 aliphatic carbocycles. The highest BCUT2D eigenvalue weighted by Gasteiger charge is 2.04. The van der Waals surface area contributed by atoms with Crippen LogP contribution in [0, 0.1) is 0 Å². The fourth-order valence-corrected chi connectivity index (χ4v) is 2.39. The molecular weight excluding hydrogens is 214 g/mol. The van der Waals surface area contributed by atoms with Crippen molar-refractivity contribution in [2.45, 2.75) is 4.90 Å². The molecule has 1 aromatic carbocycles. The number of fused-ring (bicyclic) bond motifs is 2. The SMILES string of the molecule is CSc1ccc2c[n+]3ccccc3cc2c1. The van der Waals surface area contributed by atoms with Crippen LogP contribution in [0.1, 0.15) is 0 Å². The zero-order valence-electron chi connectivity index (χ0n) is 9.05. The van der Waals surface area contributed by atoms with Gasteiger partial charge in [0.15, 0.2) is 12.4 Å². The Balaban J connectivity index is 2.37. The fraction of sp³-hybridized carbons (Fsp3) is 0.0714. The number of aromatic nitrogens is 1. The molecule has 0 N–H and O–H groups in total. The molecule has 0 saturated heterocycles. The molecule has 0 spiro atoms. The molecule has 0 saturated carbocycles. The Bertz CT molecular complexity index is 661. The van der Waals surface area contributed by atoms with Gasteiger partial charge >= 0.3 is 0 Å². The van der Waals surface area contributed by atoms with Crippen LogP contribution in [0.25, 0.3) is 16.3 Å². The second kappa shape index (κ2) is 3.80. The summed E-state index contributed by atoms with van der Waals surface area (Å²) in [7, 11) is 0. The minimum atomic E-state index is 1.23. The first-order valence-electron chi connectivity index (χ1n) is 5.25. The topological polar surface area (TPSA) is 4.10 Å². The summed E-state index contributed by atoms with van der Waals surface area (Å²) >= 11 is 1.78. The van der Waals surface area contributed by atoms with Crippen molar-refractivity contribution < 1.29 is 4.40 Å². The molecule has 3 aromatic rings. The van der Waals surface area contributed by atoms with E-state index in [0.717, 1.165) is 0 Å². The second-order valence-electron chi connectivity index (χ2n) is 3.80. The van der Waals surface area contributed by atoms with Crippen LogP contribution in [0.4, 0.5) is 0 Å². The lowest BCUT2D eigenvalue weighted by molar-refractivity contribution is -0.510. The van der Waals surface area contributed by atoms with E-state index >= 15 is 0 Å². The largest absolute Gasteiger partial charge is 0.211 e. The van der Waals surface area contributed by atoms with E-state index in [4.69, 9.17) is 0 Å². The van der Waals surface area contributed by atoms with Crippen LogP contribution >= 0.6 is 11.8 Å². The number of benzene rings is 1. The number of rotatable bonds is 1. The third-order valence-electron chi connectivity index (χ3n) is 2.80. The van der Waals surface area contributed by atoms with E-state index in [1.807, 2.05) is 0 Å². The molecular formula is C14H12NS+. The number of pyridine rings is 2. The molecule has 16 heavy (non-hydrogen) atoms. The van der Waals surface area contributed by atoms with Crippen molar-refractivity contribution in [3.05, 3.63) is 54.9 Å². The van der Waals surface area contributed by atoms with E-state index in [1.54, 1.807) is 11.8 Å². The van der Waals surface area contributed by atoms with Crippen LogP contribution in [-0.2, 0) is 0 Å². The summed E-state index contributed by atoms with van der Waals surface area (Å²) in [5.74, 6) is 0. The molecule has 0 radical (unpaired) electrons. The van der Waals surface area contributed by atoms with E-state index in [9.17, 15) is 0 Å². The first-order chi connectivity index (χ1) is 7.86. The zero-order valence-corrected chi connectivity index (χ0v) is 9.87. The van der Waals surface area contributed by atoms with Gasteiger partial charge in [-0.2, -0.15) is 4.40 Å². The molecule has 2 aromatic heterocycles. The summed E-state index contributed by atoms with van der Waals surface area (Å²) < 4.78 is 2.15. The van der Waals surface area contributed by atoms with Gasteiger partial charge in [-0.25, -0.2) is 0 Å². The van der Waals surface area contributed by atoms with Gasteiger partial charge < -0.3 is 0 Å². The van der Waals surface area contributed by atoms with Crippen LogP contribution in [-0.4, -0.2) is 6.26 Å². The van der Waals surface area contributed by atoms with Gasteiger partial charge in [0.1, 0.15) is 0 Å². The van der Waals surface area contributed by atoms with Crippen LogP contribution in [0.2, 0.25) is 0 Å². The smallest absolute Gasteiger partial charge is 0.167 e. The molecule has 0 aliphatic heterocycles. The first-order valence-corrected chi connectivity index (χ1v) is 6.47. The molecule has 0 amide bonds. The summed E-state index contributed by atoms with van der Waals surface area (Å²) in [4.78, 5) is 1.31. The summed E-state index contributed by atoms with van der Waals surface area (Å²) in [5, 5.41) is 2.58. The van der Waals surface area contributed by atoms with Gasteiger partial charge in [-0.3, -0.25) is 0 Å². The van der Waals surface area contributed by atoms with Crippen molar-refractivity contribution in [1.82, 2.24) is 0 Å². The monoisotopic (exact) mass is 226 g/mol. The molecule has 78 valence electrons. The van der Waals surface area contributed by atoms with Crippen molar-refractivity contribution in [3.8, 4) is 0 Å². The highest BCUT2D eigenvalue weighted by molar-refractivity contribution is 7.98. The summed E-state index contributed by atoms with van der Waals surface area (Å²) in [6.45, 7) is 0. The fourth-order valence-electron chi connectivity index (χ4n) is 1.94. The number of nitrogens with zero attached hydrogens (tertiary/aromatic N) is 1. The summed E-state index contributed by atoms with van der Waals surface area (Å²) in [6, 6.07) is 15.1. The van der Waals surface area contributed by atoms with Gasteiger partial charge in [-0.15, -0.1) is 11.8 Å². The molecule has 2 heteroatoms. The third-order valence-corrected chi connectivity index (χ3v) is 3.52. The van der Waals surface area contributed by atoms with Gasteiger partial charge in [0.2, 0.25) is 5.52 Å². The van der Waals surface area contributed by atoms with E-state index in [0.29, 0.717) is 0 Å². The minimum Gasteiger partial charge on any atom is -0.167 e. The van der Waals surface area contributed by atoms with E-state index < -0.39 is 0 Å². The van der Waals surface area contributed by atoms with Crippen molar-refractivity contribution in [2.75, 3.05) is 6.26 Å². The maximum atomic E-state index is 2.24. The molecule has 0 bridgehead atoms. The Hall–Kier alpha value is -1.54. The lowest BCUT2D eigenvalue weighted by Crippen LogP contribution is -2.19. The Labute approximate surface area is 98.7 Å². The van der Waals surface area contributed by atoms with Crippen LogP contribution in [0.3, 0.4) is 0 Å². The maximum Gasteiger partial charge on any atom is 0.211 e. The van der Waals surface area contributed by atoms with Crippen molar-refractivity contribution in [1.29, 1.82) is 0 Å². The Kier molecular flexibility index (Phi) is 2.29. The predicted molar refractivity (Wildman–Crippen MR) is 68.9 cm³/mol. The highest BCUT2D eigenvalue weighted by atomic mass is 32.2. The predicted octanol–water partition coefficient (Wildman–Crippen LogP) is 3.30. The summed E-state index contributed by atoms with van der Waals surface area (Å²) in [5.41, 5.74) is 1.23. The van der Waals surface area contributed by atoms with E-state index in [2.05, 4.69) is 65.5 Å². The second-order valence-corrected chi connectivity index (χ2v) is 4.68. The lowest BCUT2D eigenvalue weighted by atomic mass is 10.1. The quantitative estimate of drug-likeness (QED) is 0.350. The average Bonchev–Trinajstić information content (AvgIpc) is 2.35. The number of hydrogen-bond acceptors (Lipinski definition) is 1. The highest BCUT2D eigenvalue weighted by Crippen LogP contribution is 2.21. The Morgan fingerprint density at radius 1 is 1.00 bits per heavy atom. The van der Waals surface area contributed by atoms with Gasteiger partial charge in [0, 0.05) is 28.5 Å². The van der Waals surface area contributed by atoms with E-state index in [-0.39, 0.29) is 0 Å². The van der Waals surface area contributed by atoms with Crippen molar-refractivity contribution in [2.24, 2.45) is 0 Å². The molecule has 3 rings (SSSR count). The molecule has 2 heterocycles. The first kappa shape index (κ1) is 9.67. The van der Waals surface area contributed by atoms with Crippen molar-refractivity contribution in [3.63, 3.8) is 0 Å². The average molecular weight is 226 g/mol. The Morgan fingerprint density at radius 3 is 2.81 bits per heavy atom. The zero-order chi connectivity index (χ0) is 11.0. The van der Waals surface area contributed by atoms with E-state index in [1.165, 1.54) is 21.2 Å². The minimum absolute atomic E-state index is 1.23. The normalized spacial score (nSPS) is 11.1. The van der Waals surface area contributed by atoms with Gasteiger partial charge in [-0.1, -0.05) is 0 Å². The van der Waals surface area contributed by atoms with Gasteiger partial charge in [0.05, 0.1) is 0 Å². The Morgan fingerprint density at radius 2 is 1.94 bits per heavy atom. The lowest BCUT2D eigenvalue weighted by Gasteiger charge is -1.99. The number of thioether (sulfide) groups is 1. The van der Waals surface area contributed by atoms with Crippen LogP contribution in [0.5, 0.6) is 0 Å². The standard InChI is InChI=1S/C14H12NS/c1-16-14-6-5-11-10-15-7-3-2-4-13(15)8-12(11)9-14/h2-10H,1H3/q+1. The number of hydrogen-bond donors (Lipinski definition) is 0. The molecule has 0 atom stereocenters.